The molecular formula is C8H16N4. The molecule has 0 saturated carbocycles. The zero-order valence-electron chi connectivity index (χ0n) is 7.83. The van der Waals surface area contributed by atoms with Crippen molar-refractivity contribution in [3.05, 3.63) is 17.5 Å². The normalized spacial score (nSPS) is 13.3. The first-order valence-corrected chi connectivity index (χ1v) is 4.09. The summed E-state index contributed by atoms with van der Waals surface area (Å²) in [5, 5.41) is 4.25. The lowest BCUT2D eigenvalue weighted by atomic mass is 10.2. The molecule has 0 spiro atoms. The van der Waals surface area contributed by atoms with Crippen LogP contribution < -0.4 is 11.3 Å². The Kier molecular flexibility index (Phi) is 2.83. The SMILES string of the molecule is Cc1cc(CC(C)NN)n(C)n1. The van der Waals surface area contributed by atoms with Gasteiger partial charge in [0.25, 0.3) is 0 Å². The molecule has 4 heteroatoms. The van der Waals surface area contributed by atoms with Crippen LogP contribution in [0.25, 0.3) is 0 Å². The van der Waals surface area contributed by atoms with Crippen LogP contribution in [0.5, 0.6) is 0 Å². The molecule has 68 valence electrons. The fourth-order valence-electron chi connectivity index (χ4n) is 1.23. The average Bonchev–Trinajstić information content (AvgIpc) is 2.30. The van der Waals surface area contributed by atoms with Gasteiger partial charge in [-0.2, -0.15) is 5.10 Å². The molecule has 12 heavy (non-hydrogen) atoms. The molecule has 3 N–H and O–H groups in total. The first-order chi connectivity index (χ1) is 5.63. The molecule has 1 heterocycles. The standard InChI is InChI=1S/C8H16N4/c1-6(10-9)4-8-5-7(2)11-12(8)3/h5-6,10H,4,9H2,1-3H3. The van der Waals surface area contributed by atoms with E-state index in [4.69, 9.17) is 5.84 Å². The number of rotatable bonds is 3. The molecule has 4 nitrogen and oxygen atoms in total. The lowest BCUT2D eigenvalue weighted by molar-refractivity contribution is 0.544. The minimum Gasteiger partial charge on any atom is -0.272 e. The summed E-state index contributed by atoms with van der Waals surface area (Å²) in [6.45, 7) is 4.03. The molecule has 1 atom stereocenters. The molecule has 1 rings (SSSR count). The van der Waals surface area contributed by atoms with Gasteiger partial charge >= 0.3 is 0 Å². The van der Waals surface area contributed by atoms with E-state index < -0.39 is 0 Å². The molecule has 0 fully saturated rings. The summed E-state index contributed by atoms with van der Waals surface area (Å²) in [4.78, 5) is 0. The van der Waals surface area contributed by atoms with E-state index in [0.717, 1.165) is 12.1 Å². The Labute approximate surface area is 72.7 Å². The van der Waals surface area contributed by atoms with Crippen molar-refractivity contribution in [3.8, 4) is 0 Å². The van der Waals surface area contributed by atoms with Crippen LogP contribution >= 0.6 is 0 Å². The molecule has 0 bridgehead atoms. The summed E-state index contributed by atoms with van der Waals surface area (Å²) in [5.74, 6) is 5.30. The molecule has 0 aliphatic carbocycles. The van der Waals surface area contributed by atoms with Crippen molar-refractivity contribution in [2.45, 2.75) is 26.3 Å². The quantitative estimate of drug-likeness (QED) is 0.498. The molecular weight excluding hydrogens is 152 g/mol. The maximum absolute atomic E-state index is 5.30. The molecule has 0 aromatic carbocycles. The van der Waals surface area contributed by atoms with Crippen molar-refractivity contribution in [1.82, 2.24) is 15.2 Å². The molecule has 0 saturated heterocycles. The Balaban J connectivity index is 2.68. The van der Waals surface area contributed by atoms with Gasteiger partial charge in [-0.05, 0) is 19.9 Å². The van der Waals surface area contributed by atoms with E-state index in [1.54, 1.807) is 0 Å². The highest BCUT2D eigenvalue weighted by Gasteiger charge is 2.05. The largest absolute Gasteiger partial charge is 0.272 e. The molecule has 0 aliphatic rings. The predicted octanol–water partition coefficient (Wildman–Crippen LogP) is 0.123. The molecule has 0 aliphatic heterocycles. The maximum Gasteiger partial charge on any atom is 0.0596 e. The van der Waals surface area contributed by atoms with Crippen LogP contribution in [0.15, 0.2) is 6.07 Å². The van der Waals surface area contributed by atoms with Gasteiger partial charge in [-0.1, -0.05) is 0 Å². The monoisotopic (exact) mass is 168 g/mol. The number of hydrazine groups is 1. The number of nitrogens with zero attached hydrogens (tertiary/aromatic N) is 2. The lowest BCUT2D eigenvalue weighted by Crippen LogP contribution is -2.34. The van der Waals surface area contributed by atoms with Crippen molar-refractivity contribution in [3.63, 3.8) is 0 Å². The highest BCUT2D eigenvalue weighted by atomic mass is 15.3. The van der Waals surface area contributed by atoms with E-state index in [9.17, 15) is 0 Å². The Morgan fingerprint density at radius 3 is 2.83 bits per heavy atom. The fraction of sp³-hybridized carbons (Fsp3) is 0.625. The smallest absolute Gasteiger partial charge is 0.0596 e. The van der Waals surface area contributed by atoms with E-state index in [1.807, 2.05) is 25.6 Å². The third-order valence-corrected chi connectivity index (χ3v) is 1.90. The second-order valence-electron chi connectivity index (χ2n) is 3.17. The van der Waals surface area contributed by atoms with Crippen LogP contribution in [0.1, 0.15) is 18.3 Å². The van der Waals surface area contributed by atoms with E-state index in [0.29, 0.717) is 6.04 Å². The summed E-state index contributed by atoms with van der Waals surface area (Å²) in [5.41, 5.74) is 4.97. The lowest BCUT2D eigenvalue weighted by Gasteiger charge is -2.08. The second-order valence-corrected chi connectivity index (χ2v) is 3.17. The third-order valence-electron chi connectivity index (χ3n) is 1.90. The van der Waals surface area contributed by atoms with Crippen LogP contribution in [-0.2, 0) is 13.5 Å². The molecule has 1 aromatic heterocycles. The van der Waals surface area contributed by atoms with Gasteiger partial charge in [0.2, 0.25) is 0 Å². The number of hydrogen-bond donors (Lipinski definition) is 2. The van der Waals surface area contributed by atoms with E-state index >= 15 is 0 Å². The fourth-order valence-corrected chi connectivity index (χ4v) is 1.23. The average molecular weight is 168 g/mol. The first kappa shape index (κ1) is 9.22. The summed E-state index contributed by atoms with van der Waals surface area (Å²) in [6, 6.07) is 2.37. The maximum atomic E-state index is 5.30. The van der Waals surface area contributed by atoms with Crippen LogP contribution in [-0.4, -0.2) is 15.8 Å². The predicted molar refractivity (Wildman–Crippen MR) is 48.4 cm³/mol. The minimum absolute atomic E-state index is 0.291. The van der Waals surface area contributed by atoms with E-state index in [-0.39, 0.29) is 0 Å². The van der Waals surface area contributed by atoms with Gasteiger partial charge in [-0.25, -0.2) is 0 Å². The van der Waals surface area contributed by atoms with Gasteiger partial charge in [0.15, 0.2) is 0 Å². The Morgan fingerprint density at radius 2 is 2.42 bits per heavy atom. The van der Waals surface area contributed by atoms with Crippen LogP contribution in [0.2, 0.25) is 0 Å². The number of aryl methyl sites for hydroxylation is 2. The number of aromatic nitrogens is 2. The van der Waals surface area contributed by atoms with Crippen LogP contribution in [0.4, 0.5) is 0 Å². The topological polar surface area (TPSA) is 55.9 Å². The molecule has 1 aromatic rings. The molecule has 0 radical (unpaired) electrons. The Bertz CT molecular complexity index is 254. The third kappa shape index (κ3) is 2.06. The highest BCUT2D eigenvalue weighted by molar-refractivity contribution is 5.09. The van der Waals surface area contributed by atoms with Crippen molar-refractivity contribution in [1.29, 1.82) is 0 Å². The summed E-state index contributed by atoms with van der Waals surface area (Å²) < 4.78 is 1.89. The van der Waals surface area contributed by atoms with Gasteiger partial charge in [0, 0.05) is 25.2 Å². The van der Waals surface area contributed by atoms with Crippen LogP contribution in [0, 0.1) is 6.92 Å². The number of nitrogens with one attached hydrogen (secondary N) is 1. The van der Waals surface area contributed by atoms with Gasteiger partial charge < -0.3 is 0 Å². The van der Waals surface area contributed by atoms with Crippen molar-refractivity contribution < 1.29 is 0 Å². The minimum atomic E-state index is 0.291. The summed E-state index contributed by atoms with van der Waals surface area (Å²) in [7, 11) is 1.95. The first-order valence-electron chi connectivity index (χ1n) is 4.09. The van der Waals surface area contributed by atoms with Crippen molar-refractivity contribution in [2.24, 2.45) is 12.9 Å². The summed E-state index contributed by atoms with van der Waals surface area (Å²) >= 11 is 0. The molecule has 1 unspecified atom stereocenters. The van der Waals surface area contributed by atoms with Gasteiger partial charge in [0.05, 0.1) is 5.69 Å². The van der Waals surface area contributed by atoms with E-state index in [2.05, 4.69) is 16.6 Å². The Morgan fingerprint density at radius 1 is 1.75 bits per heavy atom. The summed E-state index contributed by atoms with van der Waals surface area (Å²) in [6.07, 6.45) is 0.911. The number of hydrogen-bond acceptors (Lipinski definition) is 3. The van der Waals surface area contributed by atoms with E-state index in [1.165, 1.54) is 5.69 Å². The van der Waals surface area contributed by atoms with Gasteiger partial charge in [-0.15, -0.1) is 0 Å². The molecule has 0 amide bonds. The highest BCUT2D eigenvalue weighted by Crippen LogP contribution is 2.04. The number of nitrogens with two attached hydrogens (primary N) is 1. The Hall–Kier alpha value is -0.870. The van der Waals surface area contributed by atoms with Crippen LogP contribution in [0.3, 0.4) is 0 Å². The zero-order valence-corrected chi connectivity index (χ0v) is 7.83. The van der Waals surface area contributed by atoms with Crippen molar-refractivity contribution in [2.75, 3.05) is 0 Å². The van der Waals surface area contributed by atoms with Crippen molar-refractivity contribution >= 4 is 0 Å². The van der Waals surface area contributed by atoms with Gasteiger partial charge in [-0.3, -0.25) is 16.0 Å². The zero-order chi connectivity index (χ0) is 9.14. The second kappa shape index (κ2) is 3.69. The van der Waals surface area contributed by atoms with Gasteiger partial charge in [0.1, 0.15) is 0 Å².